The maximum Gasteiger partial charge on any atom is 0.407 e. The zero-order valence-electron chi connectivity index (χ0n) is 11.4. The summed E-state index contributed by atoms with van der Waals surface area (Å²) in [5.74, 6) is 0. The van der Waals surface area contributed by atoms with Gasteiger partial charge in [-0.3, -0.25) is 4.18 Å². The number of likely N-dealkylation sites (tertiary alicyclic amines) is 1. The molecule has 0 aromatic rings. The van der Waals surface area contributed by atoms with Gasteiger partial charge in [-0.2, -0.15) is 8.42 Å². The lowest BCUT2D eigenvalue weighted by Crippen LogP contribution is -2.51. The third-order valence-corrected chi connectivity index (χ3v) is 3.58. The average molecular weight is 295 g/mol. The minimum atomic E-state index is -3.59. The van der Waals surface area contributed by atoms with E-state index in [-0.39, 0.29) is 12.6 Å². The van der Waals surface area contributed by atoms with Gasteiger partial charge in [0.25, 0.3) is 10.1 Å². The third-order valence-electron chi connectivity index (χ3n) is 2.95. The highest BCUT2D eigenvalue weighted by atomic mass is 32.2. The Morgan fingerprint density at radius 1 is 1.42 bits per heavy atom. The molecule has 0 aromatic heterocycles. The summed E-state index contributed by atoms with van der Waals surface area (Å²) in [4.78, 5) is 12.4. The van der Waals surface area contributed by atoms with Crippen LogP contribution in [-0.4, -0.2) is 60.2 Å². The smallest absolute Gasteiger partial charge is 0.407 e. The van der Waals surface area contributed by atoms with Gasteiger partial charge in [-0.25, -0.2) is 4.79 Å². The topological polar surface area (TPSA) is 104 Å². The first-order valence-corrected chi connectivity index (χ1v) is 7.90. The number of aliphatic hydroxyl groups is 1. The Bertz CT molecular complexity index is 427. The van der Waals surface area contributed by atoms with Crippen LogP contribution in [0.4, 0.5) is 4.79 Å². The van der Waals surface area contributed by atoms with Crippen LogP contribution in [-0.2, 0) is 14.3 Å². The molecule has 1 aliphatic rings. The molecular formula is C11H21NO6S. The zero-order chi connectivity index (χ0) is 14.8. The van der Waals surface area contributed by atoms with Crippen molar-refractivity contribution < 1.29 is 27.6 Å². The van der Waals surface area contributed by atoms with E-state index in [2.05, 4.69) is 0 Å². The lowest BCUT2D eigenvalue weighted by Gasteiger charge is -2.39. The van der Waals surface area contributed by atoms with E-state index in [1.165, 1.54) is 0 Å². The Hall–Kier alpha value is -0.860. The van der Waals surface area contributed by atoms with E-state index >= 15 is 0 Å². The Labute approximate surface area is 113 Å². The predicted molar refractivity (Wildman–Crippen MR) is 68.4 cm³/mol. The van der Waals surface area contributed by atoms with Gasteiger partial charge in [-0.15, -0.1) is 0 Å². The molecule has 7 nitrogen and oxygen atoms in total. The molecule has 112 valence electrons. The first-order valence-electron chi connectivity index (χ1n) is 6.08. The van der Waals surface area contributed by atoms with Crippen LogP contribution in [0.2, 0.25) is 0 Å². The maximum absolute atomic E-state index is 11.2. The van der Waals surface area contributed by atoms with Crippen molar-refractivity contribution in [3.63, 3.8) is 0 Å². The molecule has 1 amide bonds. The van der Waals surface area contributed by atoms with Crippen molar-refractivity contribution in [1.29, 1.82) is 0 Å². The van der Waals surface area contributed by atoms with Gasteiger partial charge < -0.3 is 15.1 Å². The minimum absolute atomic E-state index is 0.00313. The largest absolute Gasteiger partial charge is 0.465 e. The number of amides is 1. The second-order valence-corrected chi connectivity index (χ2v) is 7.21. The molecule has 2 unspecified atom stereocenters. The van der Waals surface area contributed by atoms with E-state index < -0.39 is 27.9 Å². The number of piperidine rings is 1. The van der Waals surface area contributed by atoms with Gasteiger partial charge in [0.2, 0.25) is 0 Å². The molecule has 2 atom stereocenters. The molecule has 1 saturated heterocycles. The summed E-state index contributed by atoms with van der Waals surface area (Å²) in [6.45, 7) is 3.24. The van der Waals surface area contributed by atoms with Crippen LogP contribution in [0.25, 0.3) is 0 Å². The number of carbonyl (C=O) groups is 1. The Kier molecular flexibility index (Phi) is 4.81. The summed E-state index contributed by atoms with van der Waals surface area (Å²) in [6, 6.07) is -0.322. The molecule has 0 radical (unpaired) electrons. The molecule has 1 rings (SSSR count). The third kappa shape index (κ3) is 5.75. The quantitative estimate of drug-likeness (QED) is 0.737. The molecular weight excluding hydrogens is 274 g/mol. The first-order chi connectivity index (χ1) is 8.48. The van der Waals surface area contributed by atoms with Gasteiger partial charge in [-0.05, 0) is 33.1 Å². The Balaban J connectivity index is 2.73. The van der Waals surface area contributed by atoms with Crippen LogP contribution in [0.5, 0.6) is 0 Å². The molecule has 1 aliphatic heterocycles. The van der Waals surface area contributed by atoms with Crippen molar-refractivity contribution in [2.45, 2.75) is 50.9 Å². The molecule has 0 saturated carbocycles. The highest BCUT2D eigenvalue weighted by molar-refractivity contribution is 7.86. The van der Waals surface area contributed by atoms with Gasteiger partial charge in [0.1, 0.15) is 0 Å². The van der Waals surface area contributed by atoms with Crippen molar-refractivity contribution in [2.24, 2.45) is 0 Å². The molecule has 0 aromatic carbocycles. The van der Waals surface area contributed by atoms with Gasteiger partial charge in [0.15, 0.2) is 0 Å². The Morgan fingerprint density at radius 2 is 2.00 bits per heavy atom. The molecule has 1 heterocycles. The van der Waals surface area contributed by atoms with Crippen molar-refractivity contribution in [3.8, 4) is 0 Å². The number of rotatable bonds is 4. The normalized spacial score (nSPS) is 25.4. The number of hydrogen-bond donors (Lipinski definition) is 2. The molecule has 8 heteroatoms. The second kappa shape index (κ2) is 5.64. The summed E-state index contributed by atoms with van der Waals surface area (Å²) in [7, 11) is -3.59. The lowest BCUT2D eigenvalue weighted by molar-refractivity contribution is 0.00251. The van der Waals surface area contributed by atoms with Crippen molar-refractivity contribution in [2.75, 3.05) is 12.8 Å². The first kappa shape index (κ1) is 16.2. The van der Waals surface area contributed by atoms with E-state index in [1.54, 1.807) is 13.8 Å². The fourth-order valence-corrected chi connectivity index (χ4v) is 2.99. The number of nitrogens with zero attached hydrogens (tertiary/aromatic N) is 1. The van der Waals surface area contributed by atoms with Crippen LogP contribution < -0.4 is 0 Å². The molecule has 0 aliphatic carbocycles. The maximum atomic E-state index is 11.2. The van der Waals surface area contributed by atoms with Gasteiger partial charge in [0, 0.05) is 6.04 Å². The lowest BCUT2D eigenvalue weighted by atomic mass is 9.91. The predicted octanol–water partition coefficient (Wildman–Crippen LogP) is 0.635. The van der Waals surface area contributed by atoms with Crippen LogP contribution in [0.1, 0.15) is 33.1 Å². The minimum Gasteiger partial charge on any atom is -0.465 e. The second-order valence-electron chi connectivity index (χ2n) is 5.61. The van der Waals surface area contributed by atoms with Crippen LogP contribution >= 0.6 is 0 Å². The van der Waals surface area contributed by atoms with E-state index in [0.29, 0.717) is 19.3 Å². The fourth-order valence-electron chi connectivity index (χ4n) is 2.34. The Morgan fingerprint density at radius 3 is 2.42 bits per heavy atom. The van der Waals surface area contributed by atoms with Gasteiger partial charge in [-0.1, -0.05) is 0 Å². The van der Waals surface area contributed by atoms with Crippen LogP contribution in [0, 0.1) is 0 Å². The molecule has 19 heavy (non-hydrogen) atoms. The molecule has 1 fully saturated rings. The van der Waals surface area contributed by atoms with E-state index in [4.69, 9.17) is 9.29 Å². The SMILES string of the molecule is CC(C)(O)CC1CCC(OS(C)(=O)=O)CN1C(=O)O. The average Bonchev–Trinajstić information content (AvgIpc) is 2.15. The highest BCUT2D eigenvalue weighted by Gasteiger charge is 2.36. The van der Waals surface area contributed by atoms with E-state index in [1.807, 2.05) is 0 Å². The van der Waals surface area contributed by atoms with E-state index in [0.717, 1.165) is 11.2 Å². The van der Waals surface area contributed by atoms with Crippen molar-refractivity contribution in [3.05, 3.63) is 0 Å². The van der Waals surface area contributed by atoms with E-state index in [9.17, 15) is 18.3 Å². The summed E-state index contributed by atoms with van der Waals surface area (Å²) < 4.78 is 27.0. The summed E-state index contributed by atoms with van der Waals surface area (Å²) in [6.07, 6.45) is 0.403. The molecule has 0 spiro atoms. The van der Waals surface area contributed by atoms with Crippen LogP contribution in [0.15, 0.2) is 0 Å². The molecule has 0 bridgehead atoms. The van der Waals surface area contributed by atoms with Crippen LogP contribution in [0.3, 0.4) is 0 Å². The van der Waals surface area contributed by atoms with Gasteiger partial charge >= 0.3 is 6.09 Å². The molecule has 2 N–H and O–H groups in total. The summed E-state index contributed by atoms with van der Waals surface area (Å²) >= 11 is 0. The summed E-state index contributed by atoms with van der Waals surface area (Å²) in [5.41, 5.74) is -0.969. The highest BCUT2D eigenvalue weighted by Crippen LogP contribution is 2.26. The summed E-state index contributed by atoms with van der Waals surface area (Å²) in [5, 5.41) is 18.9. The monoisotopic (exact) mass is 295 g/mol. The van der Waals surface area contributed by atoms with Crippen molar-refractivity contribution >= 4 is 16.2 Å². The van der Waals surface area contributed by atoms with Crippen molar-refractivity contribution in [1.82, 2.24) is 4.90 Å². The fraction of sp³-hybridized carbons (Fsp3) is 0.909. The zero-order valence-corrected chi connectivity index (χ0v) is 12.2. The number of carboxylic acid groups (broad SMARTS) is 1. The standard InChI is InChI=1S/C11H21NO6S/c1-11(2,15)6-8-4-5-9(18-19(3,16)17)7-12(8)10(13)14/h8-9,15H,4-7H2,1-3H3,(H,13,14). The number of hydrogen-bond acceptors (Lipinski definition) is 5. The van der Waals surface area contributed by atoms with Gasteiger partial charge in [0.05, 0.1) is 24.5 Å².